The minimum atomic E-state index is -4.50. The molecule has 0 unspecified atom stereocenters. The average molecular weight is 355 g/mol. The van der Waals surface area contributed by atoms with Crippen LogP contribution in [0.2, 0.25) is 0 Å². The first-order chi connectivity index (χ1) is 11.7. The maximum absolute atomic E-state index is 12.2. The zero-order valence-corrected chi connectivity index (χ0v) is 13.2. The van der Waals surface area contributed by atoms with Crippen LogP contribution in [-0.2, 0) is 6.54 Å². The van der Waals surface area contributed by atoms with Crippen molar-refractivity contribution in [2.45, 2.75) is 19.6 Å². The lowest BCUT2D eigenvalue weighted by Gasteiger charge is -2.11. The van der Waals surface area contributed by atoms with E-state index in [1.54, 1.807) is 12.2 Å². The lowest BCUT2D eigenvalue weighted by molar-refractivity contribution is -0.123. The average Bonchev–Trinajstić information content (AvgIpc) is 3.03. The molecule has 0 fully saturated rings. The van der Waals surface area contributed by atoms with Crippen molar-refractivity contribution in [3.05, 3.63) is 53.0 Å². The summed E-state index contributed by atoms with van der Waals surface area (Å²) >= 11 is 0. The molecule has 0 aliphatic heterocycles. The second-order valence-corrected chi connectivity index (χ2v) is 5.29. The van der Waals surface area contributed by atoms with Gasteiger partial charge in [-0.1, -0.05) is 6.07 Å². The molecule has 2 amide bonds. The molecule has 0 bridgehead atoms. The first-order valence-corrected chi connectivity index (χ1v) is 7.24. The van der Waals surface area contributed by atoms with Crippen molar-refractivity contribution in [1.29, 1.82) is 0 Å². The maximum atomic E-state index is 12.2. The number of furan rings is 1. The van der Waals surface area contributed by atoms with Gasteiger partial charge in [0.05, 0.1) is 12.1 Å². The molecule has 0 aliphatic carbocycles. The summed E-state index contributed by atoms with van der Waals surface area (Å²) in [4.78, 5) is 24.0. The van der Waals surface area contributed by atoms with Gasteiger partial charge in [-0.2, -0.15) is 13.2 Å². The molecular formula is C16H16F3N3O3. The Hall–Kier alpha value is -2.81. The number of aryl methyl sites for hydroxylation is 1. The monoisotopic (exact) mass is 355 g/mol. The molecule has 1 aromatic carbocycles. The fraction of sp³-hybridized carbons (Fsp3) is 0.250. The van der Waals surface area contributed by atoms with Crippen molar-refractivity contribution >= 4 is 17.5 Å². The van der Waals surface area contributed by atoms with Crippen LogP contribution >= 0.6 is 0 Å². The van der Waals surface area contributed by atoms with Gasteiger partial charge in [-0.25, -0.2) is 0 Å². The van der Waals surface area contributed by atoms with Crippen LogP contribution in [0.4, 0.5) is 18.9 Å². The van der Waals surface area contributed by atoms with Crippen LogP contribution in [0.25, 0.3) is 0 Å². The lowest BCUT2D eigenvalue weighted by Crippen LogP contribution is -2.33. The molecule has 2 rings (SSSR count). The normalized spacial score (nSPS) is 11.2. The summed E-state index contributed by atoms with van der Waals surface area (Å²) in [5, 5.41) is 4.37. The molecule has 0 atom stereocenters. The van der Waals surface area contributed by atoms with E-state index in [2.05, 4.69) is 5.32 Å². The van der Waals surface area contributed by atoms with Gasteiger partial charge in [-0.05, 0) is 30.7 Å². The highest BCUT2D eigenvalue weighted by atomic mass is 19.4. The molecule has 9 heteroatoms. The highest BCUT2D eigenvalue weighted by molar-refractivity contribution is 6.05. The summed E-state index contributed by atoms with van der Waals surface area (Å²) in [6, 6.07) is 5.69. The van der Waals surface area contributed by atoms with Crippen molar-refractivity contribution in [3.63, 3.8) is 0 Å². The quantitative estimate of drug-likeness (QED) is 0.768. The van der Waals surface area contributed by atoms with E-state index in [4.69, 9.17) is 10.2 Å². The fourth-order valence-electron chi connectivity index (χ4n) is 1.98. The predicted octanol–water partition coefficient (Wildman–Crippen LogP) is 2.59. The molecule has 0 aliphatic rings. The second-order valence-electron chi connectivity index (χ2n) is 5.29. The molecule has 2 aromatic rings. The number of alkyl halides is 3. The Morgan fingerprint density at radius 2 is 1.88 bits per heavy atom. The van der Waals surface area contributed by atoms with Crippen LogP contribution in [-0.4, -0.2) is 24.5 Å². The molecule has 0 radical (unpaired) electrons. The van der Waals surface area contributed by atoms with Crippen molar-refractivity contribution < 1.29 is 27.2 Å². The number of halogens is 3. The fourth-order valence-corrected chi connectivity index (χ4v) is 1.98. The van der Waals surface area contributed by atoms with Gasteiger partial charge < -0.3 is 20.8 Å². The molecule has 134 valence electrons. The van der Waals surface area contributed by atoms with Crippen molar-refractivity contribution in [3.8, 4) is 0 Å². The summed E-state index contributed by atoms with van der Waals surface area (Å²) in [7, 11) is 0. The van der Waals surface area contributed by atoms with E-state index in [9.17, 15) is 22.8 Å². The zero-order chi connectivity index (χ0) is 18.6. The third-order valence-corrected chi connectivity index (χ3v) is 3.31. The Kier molecular flexibility index (Phi) is 5.48. The van der Waals surface area contributed by atoms with Crippen molar-refractivity contribution in [1.82, 2.24) is 5.32 Å². The van der Waals surface area contributed by atoms with E-state index in [1.165, 1.54) is 30.5 Å². The standard InChI is InChI=1S/C16H16F3N3O3/c1-9-2-3-10(14(23)21-8-16(17,18)19)5-13(9)22-15(24)11-4-12(6-20)25-7-11/h2-5,7H,6,8,20H2,1H3,(H,21,23)(H,22,24). The van der Waals surface area contributed by atoms with E-state index < -0.39 is 24.5 Å². The van der Waals surface area contributed by atoms with Crippen LogP contribution in [0.15, 0.2) is 34.9 Å². The Bertz CT molecular complexity index is 784. The number of hydrogen-bond donors (Lipinski definition) is 3. The zero-order valence-electron chi connectivity index (χ0n) is 13.2. The van der Waals surface area contributed by atoms with E-state index >= 15 is 0 Å². The van der Waals surface area contributed by atoms with Crippen molar-refractivity contribution in [2.75, 3.05) is 11.9 Å². The van der Waals surface area contributed by atoms with Gasteiger partial charge in [0.1, 0.15) is 18.6 Å². The van der Waals surface area contributed by atoms with Gasteiger partial charge in [0.15, 0.2) is 0 Å². The van der Waals surface area contributed by atoms with E-state index in [1.807, 2.05) is 0 Å². The van der Waals surface area contributed by atoms with E-state index in [0.717, 1.165) is 0 Å². The number of benzene rings is 1. The summed E-state index contributed by atoms with van der Waals surface area (Å²) in [5.74, 6) is -0.942. The largest absolute Gasteiger partial charge is 0.467 e. The molecule has 6 nitrogen and oxygen atoms in total. The summed E-state index contributed by atoms with van der Waals surface area (Å²) in [6.07, 6.45) is -3.26. The molecule has 4 N–H and O–H groups in total. The maximum Gasteiger partial charge on any atom is 0.405 e. The Labute approximate surface area is 141 Å². The molecule has 0 saturated carbocycles. The number of hydrogen-bond acceptors (Lipinski definition) is 4. The number of amides is 2. The Balaban J connectivity index is 2.13. The molecular weight excluding hydrogens is 339 g/mol. The van der Waals surface area contributed by atoms with Crippen LogP contribution in [0, 0.1) is 6.92 Å². The van der Waals surface area contributed by atoms with Gasteiger partial charge in [0, 0.05) is 11.3 Å². The summed E-state index contributed by atoms with van der Waals surface area (Å²) < 4.78 is 41.6. The summed E-state index contributed by atoms with van der Waals surface area (Å²) in [6.45, 7) is 0.396. The highest BCUT2D eigenvalue weighted by Gasteiger charge is 2.28. The van der Waals surface area contributed by atoms with Crippen LogP contribution in [0.5, 0.6) is 0 Å². The molecule has 0 saturated heterocycles. The smallest absolute Gasteiger partial charge is 0.405 e. The molecule has 1 aromatic heterocycles. The van der Waals surface area contributed by atoms with E-state index in [-0.39, 0.29) is 17.7 Å². The van der Waals surface area contributed by atoms with Gasteiger partial charge in [0.25, 0.3) is 11.8 Å². The number of nitrogens with one attached hydrogen (secondary N) is 2. The van der Waals surface area contributed by atoms with Crippen LogP contribution < -0.4 is 16.4 Å². The third-order valence-electron chi connectivity index (χ3n) is 3.31. The molecule has 0 spiro atoms. The van der Waals surface area contributed by atoms with Crippen LogP contribution in [0.3, 0.4) is 0 Å². The van der Waals surface area contributed by atoms with Crippen molar-refractivity contribution in [2.24, 2.45) is 5.73 Å². The Morgan fingerprint density at radius 1 is 1.16 bits per heavy atom. The second kappa shape index (κ2) is 7.39. The predicted molar refractivity (Wildman–Crippen MR) is 84.1 cm³/mol. The molecule has 25 heavy (non-hydrogen) atoms. The topological polar surface area (TPSA) is 97.4 Å². The number of rotatable bonds is 5. The SMILES string of the molecule is Cc1ccc(C(=O)NCC(F)(F)F)cc1NC(=O)c1coc(CN)c1. The third kappa shape index (κ3) is 5.08. The van der Waals surface area contributed by atoms with E-state index in [0.29, 0.717) is 17.0 Å². The van der Waals surface area contributed by atoms with Gasteiger partial charge in [0.2, 0.25) is 0 Å². The number of carbonyl (C=O) groups is 2. The minimum absolute atomic E-state index is 0.00000848. The summed E-state index contributed by atoms with van der Waals surface area (Å²) in [5.41, 5.74) is 6.59. The highest BCUT2D eigenvalue weighted by Crippen LogP contribution is 2.19. The van der Waals surface area contributed by atoms with Gasteiger partial charge in [-0.15, -0.1) is 0 Å². The number of carbonyl (C=O) groups excluding carboxylic acids is 2. The van der Waals surface area contributed by atoms with Gasteiger partial charge in [-0.3, -0.25) is 9.59 Å². The first kappa shape index (κ1) is 18.5. The number of nitrogens with two attached hydrogens (primary N) is 1. The first-order valence-electron chi connectivity index (χ1n) is 7.24. The molecule has 1 heterocycles. The Morgan fingerprint density at radius 3 is 2.48 bits per heavy atom. The number of anilines is 1. The minimum Gasteiger partial charge on any atom is -0.467 e. The lowest BCUT2D eigenvalue weighted by atomic mass is 10.1. The van der Waals surface area contributed by atoms with Gasteiger partial charge >= 0.3 is 6.18 Å². The van der Waals surface area contributed by atoms with Crippen LogP contribution in [0.1, 0.15) is 32.0 Å².